The predicted octanol–water partition coefficient (Wildman–Crippen LogP) is 0.283. The highest BCUT2D eigenvalue weighted by Crippen LogP contribution is 2.18. The molecule has 1 heterocycles. The second-order valence-electron chi connectivity index (χ2n) is 5.85. The molecule has 9 heteroatoms. The highest BCUT2D eigenvalue weighted by atomic mass is 32.2. The molecule has 1 amide bonds. The number of sulfonamides is 1. The number of carbonyl (C=O) groups excluding carboxylic acids is 1. The van der Waals surface area contributed by atoms with Gasteiger partial charge in [-0.2, -0.15) is 4.31 Å². The van der Waals surface area contributed by atoms with Crippen molar-refractivity contribution in [1.82, 2.24) is 14.5 Å². The maximum absolute atomic E-state index is 13.0. The molecule has 1 saturated heterocycles. The Bertz CT molecular complexity index is 673. The van der Waals surface area contributed by atoms with Crippen molar-refractivity contribution in [2.75, 3.05) is 46.4 Å². The third kappa shape index (κ3) is 4.97. The number of rotatable bonds is 7. The van der Waals surface area contributed by atoms with Crippen LogP contribution in [-0.2, 0) is 19.6 Å². The van der Waals surface area contributed by atoms with E-state index in [9.17, 15) is 17.6 Å². The van der Waals surface area contributed by atoms with Crippen LogP contribution in [0.5, 0.6) is 0 Å². The van der Waals surface area contributed by atoms with Crippen LogP contribution in [0.15, 0.2) is 29.2 Å². The number of nitrogens with zero attached hydrogens (tertiary/aromatic N) is 2. The van der Waals surface area contributed by atoms with Gasteiger partial charge in [-0.15, -0.1) is 0 Å². The van der Waals surface area contributed by atoms with Crippen molar-refractivity contribution in [3.8, 4) is 0 Å². The molecule has 2 rings (SSSR count). The molecule has 0 aromatic heterocycles. The standard InChI is InChI=1S/C16H24FN3O4S/c1-13(16(21)18-7-12-24-2)19-8-10-20(11-9-19)25(22,23)15-5-3-14(17)4-6-15/h3-6,13H,7-12H2,1-2H3,(H,18,21)/t13-/m0/s1. The smallest absolute Gasteiger partial charge is 0.243 e. The minimum atomic E-state index is -3.64. The number of hydrogen-bond donors (Lipinski definition) is 1. The SMILES string of the molecule is COCCNC(=O)[C@H](C)N1CCN(S(=O)(=O)c2ccc(F)cc2)CC1. The maximum atomic E-state index is 13.0. The molecule has 140 valence electrons. The van der Waals surface area contributed by atoms with Gasteiger partial charge in [0.15, 0.2) is 0 Å². The molecule has 1 N–H and O–H groups in total. The first-order chi connectivity index (χ1) is 11.9. The lowest BCUT2D eigenvalue weighted by atomic mass is 10.2. The third-order valence-electron chi connectivity index (χ3n) is 4.26. The van der Waals surface area contributed by atoms with Crippen LogP contribution in [0, 0.1) is 5.82 Å². The number of nitrogens with one attached hydrogen (secondary N) is 1. The van der Waals surface area contributed by atoms with E-state index in [1.165, 1.54) is 16.4 Å². The first-order valence-corrected chi connectivity index (χ1v) is 9.56. The van der Waals surface area contributed by atoms with Crippen LogP contribution in [-0.4, -0.2) is 76.0 Å². The van der Waals surface area contributed by atoms with E-state index >= 15 is 0 Å². The number of piperazine rings is 1. The van der Waals surface area contributed by atoms with Crippen molar-refractivity contribution in [2.24, 2.45) is 0 Å². The molecule has 1 fully saturated rings. The van der Waals surface area contributed by atoms with Crippen LogP contribution in [0.2, 0.25) is 0 Å². The molecule has 1 aromatic carbocycles. The van der Waals surface area contributed by atoms with Gasteiger partial charge in [-0.1, -0.05) is 0 Å². The summed E-state index contributed by atoms with van der Waals surface area (Å²) in [4.78, 5) is 14.1. The molecule has 1 aliphatic heterocycles. The average Bonchev–Trinajstić information content (AvgIpc) is 2.61. The minimum absolute atomic E-state index is 0.0766. The summed E-state index contributed by atoms with van der Waals surface area (Å²) in [5.41, 5.74) is 0. The van der Waals surface area contributed by atoms with Gasteiger partial charge in [-0.3, -0.25) is 9.69 Å². The quantitative estimate of drug-likeness (QED) is 0.695. The van der Waals surface area contributed by atoms with Gasteiger partial charge >= 0.3 is 0 Å². The fourth-order valence-corrected chi connectivity index (χ4v) is 4.10. The Morgan fingerprint density at radius 2 is 1.84 bits per heavy atom. The van der Waals surface area contributed by atoms with Crippen molar-refractivity contribution in [2.45, 2.75) is 17.9 Å². The zero-order valence-corrected chi connectivity index (χ0v) is 15.3. The summed E-state index contributed by atoms with van der Waals surface area (Å²) in [6.45, 7) is 4.18. The van der Waals surface area contributed by atoms with Gasteiger partial charge in [0.25, 0.3) is 0 Å². The number of ether oxygens (including phenoxy) is 1. The molecule has 0 aliphatic carbocycles. The Hall–Kier alpha value is -1.55. The van der Waals surface area contributed by atoms with Gasteiger partial charge in [0, 0.05) is 39.8 Å². The van der Waals surface area contributed by atoms with E-state index in [1.54, 1.807) is 14.0 Å². The Balaban J connectivity index is 1.92. The van der Waals surface area contributed by atoms with Crippen LogP contribution in [0.1, 0.15) is 6.92 Å². The summed E-state index contributed by atoms with van der Waals surface area (Å²) in [5.74, 6) is -0.580. The lowest BCUT2D eigenvalue weighted by molar-refractivity contribution is -0.126. The number of hydrogen-bond acceptors (Lipinski definition) is 5. The molecule has 1 aromatic rings. The first kappa shape index (κ1) is 19.8. The zero-order chi connectivity index (χ0) is 18.4. The van der Waals surface area contributed by atoms with Crippen molar-refractivity contribution < 1.29 is 22.3 Å². The van der Waals surface area contributed by atoms with Crippen molar-refractivity contribution >= 4 is 15.9 Å². The average molecular weight is 373 g/mol. The van der Waals surface area contributed by atoms with Crippen LogP contribution in [0.25, 0.3) is 0 Å². The topological polar surface area (TPSA) is 79.0 Å². The van der Waals surface area contributed by atoms with Gasteiger partial charge < -0.3 is 10.1 Å². The monoisotopic (exact) mass is 373 g/mol. The van der Waals surface area contributed by atoms with E-state index in [0.29, 0.717) is 26.2 Å². The molecule has 7 nitrogen and oxygen atoms in total. The summed E-state index contributed by atoms with van der Waals surface area (Å²) in [6, 6.07) is 4.46. The molecular weight excluding hydrogens is 349 g/mol. The van der Waals surface area contributed by atoms with E-state index in [4.69, 9.17) is 4.74 Å². The highest BCUT2D eigenvalue weighted by molar-refractivity contribution is 7.89. The van der Waals surface area contributed by atoms with E-state index < -0.39 is 15.8 Å². The van der Waals surface area contributed by atoms with Crippen molar-refractivity contribution in [3.63, 3.8) is 0 Å². The maximum Gasteiger partial charge on any atom is 0.243 e. The summed E-state index contributed by atoms with van der Waals surface area (Å²) in [7, 11) is -2.08. The Morgan fingerprint density at radius 1 is 1.24 bits per heavy atom. The number of carbonyl (C=O) groups is 1. The fourth-order valence-electron chi connectivity index (χ4n) is 2.68. The summed E-state index contributed by atoms with van der Waals surface area (Å²) >= 11 is 0. The molecule has 0 spiro atoms. The van der Waals surface area contributed by atoms with Crippen LogP contribution >= 0.6 is 0 Å². The van der Waals surface area contributed by atoms with Crippen LogP contribution in [0.4, 0.5) is 4.39 Å². The summed E-state index contributed by atoms with van der Waals surface area (Å²) in [5, 5.41) is 2.78. The van der Waals surface area contributed by atoms with E-state index in [0.717, 1.165) is 12.1 Å². The molecule has 1 aliphatic rings. The van der Waals surface area contributed by atoms with Crippen molar-refractivity contribution in [3.05, 3.63) is 30.1 Å². The number of benzene rings is 1. The lowest BCUT2D eigenvalue weighted by Crippen LogP contribution is -2.55. The number of amides is 1. The number of halogens is 1. The molecular formula is C16H24FN3O4S. The second-order valence-corrected chi connectivity index (χ2v) is 7.79. The van der Waals surface area contributed by atoms with E-state index in [1.807, 2.05) is 4.90 Å². The molecule has 25 heavy (non-hydrogen) atoms. The number of methoxy groups -OCH3 is 1. The fraction of sp³-hybridized carbons (Fsp3) is 0.562. The third-order valence-corrected chi connectivity index (χ3v) is 6.17. The van der Waals surface area contributed by atoms with Gasteiger partial charge in [-0.25, -0.2) is 12.8 Å². The Kier molecular flexibility index (Phi) is 6.88. The summed E-state index contributed by atoms with van der Waals surface area (Å²) < 4.78 is 44.4. The van der Waals surface area contributed by atoms with Gasteiger partial charge in [0.05, 0.1) is 17.5 Å². The molecule has 0 bridgehead atoms. The molecule has 1 atom stereocenters. The normalized spacial score (nSPS) is 18.0. The first-order valence-electron chi connectivity index (χ1n) is 8.12. The Morgan fingerprint density at radius 3 is 2.40 bits per heavy atom. The zero-order valence-electron chi connectivity index (χ0n) is 14.4. The predicted molar refractivity (Wildman–Crippen MR) is 91.1 cm³/mol. The lowest BCUT2D eigenvalue weighted by Gasteiger charge is -2.36. The van der Waals surface area contributed by atoms with Gasteiger partial charge in [0.1, 0.15) is 5.82 Å². The van der Waals surface area contributed by atoms with E-state index in [2.05, 4.69) is 5.32 Å². The van der Waals surface area contributed by atoms with Gasteiger partial charge in [0.2, 0.25) is 15.9 Å². The summed E-state index contributed by atoms with van der Waals surface area (Å²) in [6.07, 6.45) is 0. The largest absolute Gasteiger partial charge is 0.383 e. The Labute approximate surface area is 147 Å². The molecule has 0 radical (unpaired) electrons. The van der Waals surface area contributed by atoms with Crippen LogP contribution < -0.4 is 5.32 Å². The second kappa shape index (κ2) is 8.70. The molecule has 0 saturated carbocycles. The van der Waals surface area contributed by atoms with Crippen LogP contribution in [0.3, 0.4) is 0 Å². The molecule has 0 unspecified atom stereocenters. The van der Waals surface area contributed by atoms with E-state index in [-0.39, 0.29) is 29.9 Å². The van der Waals surface area contributed by atoms with Gasteiger partial charge in [-0.05, 0) is 31.2 Å². The minimum Gasteiger partial charge on any atom is -0.383 e. The van der Waals surface area contributed by atoms with Crippen molar-refractivity contribution in [1.29, 1.82) is 0 Å². The highest BCUT2D eigenvalue weighted by Gasteiger charge is 2.31.